The third-order valence-corrected chi connectivity index (χ3v) is 4.17. The lowest BCUT2D eigenvalue weighted by Crippen LogP contribution is -2.03. The molecule has 0 saturated carbocycles. The summed E-state index contributed by atoms with van der Waals surface area (Å²) in [6.07, 6.45) is 2.60. The van der Waals surface area contributed by atoms with Crippen LogP contribution >= 0.6 is 31.9 Å². The molecule has 0 unspecified atom stereocenters. The molecule has 1 aromatic carbocycles. The first-order valence-electron chi connectivity index (χ1n) is 6.41. The number of aromatic nitrogens is 1. The first-order chi connectivity index (χ1) is 10.0. The Labute approximate surface area is 140 Å². The molecule has 0 radical (unpaired) electrons. The van der Waals surface area contributed by atoms with Crippen LogP contribution in [0, 0.1) is 6.92 Å². The zero-order valence-corrected chi connectivity index (χ0v) is 15.0. The van der Waals surface area contributed by atoms with E-state index in [1.54, 1.807) is 13.3 Å². The molecule has 0 fully saturated rings. The fourth-order valence-corrected chi connectivity index (χ4v) is 2.77. The van der Waals surface area contributed by atoms with Crippen molar-refractivity contribution in [2.24, 2.45) is 5.73 Å². The van der Waals surface area contributed by atoms with Crippen molar-refractivity contribution < 1.29 is 9.47 Å². The van der Waals surface area contributed by atoms with Gasteiger partial charge in [-0.25, -0.2) is 4.98 Å². The molecule has 21 heavy (non-hydrogen) atoms. The second-order valence-electron chi connectivity index (χ2n) is 4.52. The number of hydrogen-bond acceptors (Lipinski definition) is 4. The summed E-state index contributed by atoms with van der Waals surface area (Å²) in [5.41, 5.74) is 7.63. The van der Waals surface area contributed by atoms with Crippen LogP contribution in [0.15, 0.2) is 33.3 Å². The Morgan fingerprint density at radius 3 is 2.43 bits per heavy atom. The first kappa shape index (κ1) is 16.3. The van der Waals surface area contributed by atoms with Gasteiger partial charge in [-0.3, -0.25) is 0 Å². The number of pyridine rings is 1. The molecule has 2 N–H and O–H groups in total. The standard InChI is InChI=1S/C15H16Br2N2O2/c1-9-5-10(3-4-18)8-19-15(9)21-14-7-11(16)13(20-2)6-12(14)17/h5-8H,3-4,18H2,1-2H3. The molecule has 0 spiro atoms. The molecule has 0 aliphatic carbocycles. The summed E-state index contributed by atoms with van der Waals surface area (Å²) in [6, 6.07) is 5.73. The maximum Gasteiger partial charge on any atom is 0.222 e. The summed E-state index contributed by atoms with van der Waals surface area (Å²) in [6.45, 7) is 2.58. The summed E-state index contributed by atoms with van der Waals surface area (Å²) in [5, 5.41) is 0. The molecular formula is C15H16Br2N2O2. The lowest BCUT2D eigenvalue weighted by molar-refractivity contribution is 0.408. The average Bonchev–Trinajstić information content (AvgIpc) is 2.45. The van der Waals surface area contributed by atoms with Gasteiger partial charge in [0.15, 0.2) is 0 Å². The van der Waals surface area contributed by atoms with Gasteiger partial charge in [0.05, 0.1) is 16.1 Å². The van der Waals surface area contributed by atoms with Gasteiger partial charge in [0, 0.05) is 11.8 Å². The van der Waals surface area contributed by atoms with E-state index in [0.717, 1.165) is 32.2 Å². The monoisotopic (exact) mass is 414 g/mol. The van der Waals surface area contributed by atoms with Gasteiger partial charge < -0.3 is 15.2 Å². The van der Waals surface area contributed by atoms with Crippen molar-refractivity contribution in [3.05, 3.63) is 44.5 Å². The maximum atomic E-state index is 5.88. The highest BCUT2D eigenvalue weighted by atomic mass is 79.9. The smallest absolute Gasteiger partial charge is 0.222 e. The summed E-state index contributed by atoms with van der Waals surface area (Å²) in [7, 11) is 1.62. The average molecular weight is 416 g/mol. The number of ether oxygens (including phenoxy) is 2. The molecule has 2 aromatic rings. The van der Waals surface area contributed by atoms with Crippen molar-refractivity contribution in [2.75, 3.05) is 13.7 Å². The Morgan fingerprint density at radius 1 is 1.14 bits per heavy atom. The number of halogens is 2. The van der Waals surface area contributed by atoms with Crippen molar-refractivity contribution in [1.29, 1.82) is 0 Å². The second kappa shape index (κ2) is 7.24. The van der Waals surface area contributed by atoms with Gasteiger partial charge in [0.25, 0.3) is 0 Å². The van der Waals surface area contributed by atoms with Gasteiger partial charge in [-0.1, -0.05) is 0 Å². The van der Waals surface area contributed by atoms with E-state index in [0.29, 0.717) is 18.2 Å². The largest absolute Gasteiger partial charge is 0.496 e. The third kappa shape index (κ3) is 3.96. The first-order valence-corrected chi connectivity index (χ1v) is 8.00. The number of hydrogen-bond donors (Lipinski definition) is 1. The van der Waals surface area contributed by atoms with Crippen LogP contribution in [-0.4, -0.2) is 18.6 Å². The summed E-state index contributed by atoms with van der Waals surface area (Å²) < 4.78 is 12.7. The molecule has 4 nitrogen and oxygen atoms in total. The Balaban J connectivity index is 2.28. The highest BCUT2D eigenvalue weighted by molar-refractivity contribution is 9.11. The molecule has 2 rings (SSSR count). The molecule has 0 aliphatic heterocycles. The summed E-state index contributed by atoms with van der Waals surface area (Å²) >= 11 is 6.92. The predicted octanol–water partition coefficient (Wildman–Crippen LogP) is 4.22. The molecule has 0 saturated heterocycles. The van der Waals surface area contributed by atoms with Gasteiger partial charge in [-0.2, -0.15) is 0 Å². The van der Waals surface area contributed by atoms with Crippen molar-refractivity contribution in [1.82, 2.24) is 4.98 Å². The van der Waals surface area contributed by atoms with E-state index < -0.39 is 0 Å². The molecule has 0 bridgehead atoms. The molecule has 1 aromatic heterocycles. The van der Waals surface area contributed by atoms with E-state index >= 15 is 0 Å². The normalized spacial score (nSPS) is 10.5. The van der Waals surface area contributed by atoms with E-state index in [1.165, 1.54) is 0 Å². The van der Waals surface area contributed by atoms with Crippen molar-refractivity contribution in [2.45, 2.75) is 13.3 Å². The second-order valence-corrected chi connectivity index (χ2v) is 6.23. The number of aryl methyl sites for hydroxylation is 1. The quantitative estimate of drug-likeness (QED) is 0.794. The van der Waals surface area contributed by atoms with Crippen LogP contribution in [-0.2, 0) is 6.42 Å². The Bertz CT molecular complexity index is 648. The lowest BCUT2D eigenvalue weighted by atomic mass is 10.1. The van der Waals surface area contributed by atoms with Crippen LogP contribution in [0.5, 0.6) is 17.4 Å². The predicted molar refractivity (Wildman–Crippen MR) is 90.2 cm³/mol. The van der Waals surface area contributed by atoms with Crippen molar-refractivity contribution in [3.63, 3.8) is 0 Å². The van der Waals surface area contributed by atoms with E-state index in [4.69, 9.17) is 15.2 Å². The van der Waals surface area contributed by atoms with Crippen LogP contribution < -0.4 is 15.2 Å². The van der Waals surface area contributed by atoms with E-state index in [1.807, 2.05) is 25.1 Å². The fraction of sp³-hybridized carbons (Fsp3) is 0.267. The van der Waals surface area contributed by atoms with Crippen LogP contribution in [0.4, 0.5) is 0 Å². The topological polar surface area (TPSA) is 57.4 Å². The van der Waals surface area contributed by atoms with E-state index in [9.17, 15) is 0 Å². The minimum absolute atomic E-state index is 0.577. The molecule has 0 aliphatic rings. The Hall–Kier alpha value is -1.11. The third-order valence-electron chi connectivity index (χ3n) is 2.93. The summed E-state index contributed by atoms with van der Waals surface area (Å²) in [5.74, 6) is 1.98. The van der Waals surface area contributed by atoms with Gasteiger partial charge in [-0.15, -0.1) is 0 Å². The highest BCUT2D eigenvalue weighted by Gasteiger charge is 2.11. The van der Waals surface area contributed by atoms with Gasteiger partial charge >= 0.3 is 0 Å². The van der Waals surface area contributed by atoms with Crippen LogP contribution in [0.2, 0.25) is 0 Å². The number of nitrogens with two attached hydrogens (primary N) is 1. The SMILES string of the molecule is COc1cc(Br)c(Oc2ncc(CCN)cc2C)cc1Br. The van der Waals surface area contributed by atoms with Crippen LogP contribution in [0.25, 0.3) is 0 Å². The van der Waals surface area contributed by atoms with E-state index in [2.05, 4.69) is 36.8 Å². The zero-order chi connectivity index (χ0) is 15.4. The number of rotatable bonds is 5. The van der Waals surface area contributed by atoms with Crippen LogP contribution in [0.3, 0.4) is 0 Å². The van der Waals surface area contributed by atoms with Crippen LogP contribution in [0.1, 0.15) is 11.1 Å². The van der Waals surface area contributed by atoms with Gasteiger partial charge in [-0.05, 0) is 75.5 Å². The zero-order valence-electron chi connectivity index (χ0n) is 11.8. The number of benzene rings is 1. The van der Waals surface area contributed by atoms with Crippen molar-refractivity contribution >= 4 is 31.9 Å². The van der Waals surface area contributed by atoms with E-state index in [-0.39, 0.29) is 0 Å². The molecule has 1 heterocycles. The molecule has 0 amide bonds. The molecule has 0 atom stereocenters. The molecule has 112 valence electrons. The fourth-order valence-electron chi connectivity index (χ4n) is 1.88. The summed E-state index contributed by atoms with van der Waals surface area (Å²) in [4.78, 5) is 4.36. The Kier molecular flexibility index (Phi) is 5.61. The van der Waals surface area contributed by atoms with Crippen molar-refractivity contribution in [3.8, 4) is 17.4 Å². The molecular weight excluding hydrogens is 400 g/mol. The number of nitrogens with zero attached hydrogens (tertiary/aromatic N) is 1. The van der Waals surface area contributed by atoms with Gasteiger partial charge in [0.1, 0.15) is 11.5 Å². The maximum absolute atomic E-state index is 5.88. The van der Waals surface area contributed by atoms with Gasteiger partial charge in [0.2, 0.25) is 5.88 Å². The lowest BCUT2D eigenvalue weighted by Gasteiger charge is -2.12. The molecule has 6 heteroatoms. The minimum Gasteiger partial charge on any atom is -0.496 e. The Morgan fingerprint density at radius 2 is 1.81 bits per heavy atom. The minimum atomic E-state index is 0.577. The highest BCUT2D eigenvalue weighted by Crippen LogP contribution is 2.38. The number of methoxy groups -OCH3 is 1.